The van der Waals surface area contributed by atoms with E-state index >= 15 is 0 Å². The minimum atomic E-state index is 0.471. The Morgan fingerprint density at radius 2 is 2.19 bits per heavy atom. The Morgan fingerprint density at radius 3 is 2.86 bits per heavy atom. The maximum absolute atomic E-state index is 6.52. The Balaban J connectivity index is 2.14. The summed E-state index contributed by atoms with van der Waals surface area (Å²) in [5.74, 6) is 0.971. The summed E-state index contributed by atoms with van der Waals surface area (Å²) in [5, 5.41) is 4.20. The average Bonchev–Trinajstić information content (AvgIpc) is 2.70. The molecule has 0 amide bonds. The summed E-state index contributed by atoms with van der Waals surface area (Å²) in [6, 6.07) is 3.12. The Morgan fingerprint density at radius 1 is 1.38 bits per heavy atom. The Labute approximate surface area is 134 Å². The summed E-state index contributed by atoms with van der Waals surface area (Å²) >= 11 is 6.52. The number of aromatic nitrogens is 1. The third kappa shape index (κ3) is 4.58. The van der Waals surface area contributed by atoms with Crippen molar-refractivity contribution in [2.24, 2.45) is 0 Å². The lowest BCUT2D eigenvalue weighted by molar-refractivity contribution is 0.551. The van der Waals surface area contributed by atoms with Crippen LogP contribution in [-0.4, -0.2) is 23.6 Å². The highest BCUT2D eigenvalue weighted by atomic mass is 35.5. The maximum Gasteiger partial charge on any atom is 0.147 e. The number of nitrogens with zero attached hydrogens (tertiary/aromatic N) is 2. The van der Waals surface area contributed by atoms with E-state index in [0.717, 1.165) is 35.9 Å². The summed E-state index contributed by atoms with van der Waals surface area (Å²) < 4.78 is 0. The van der Waals surface area contributed by atoms with Crippen molar-refractivity contribution in [1.82, 2.24) is 10.3 Å². The predicted octanol–water partition coefficient (Wildman–Crippen LogP) is 4.39. The van der Waals surface area contributed by atoms with Crippen molar-refractivity contribution in [2.45, 2.75) is 71.5 Å². The topological polar surface area (TPSA) is 28.2 Å². The molecule has 1 unspecified atom stereocenters. The fourth-order valence-electron chi connectivity index (χ4n) is 2.98. The van der Waals surface area contributed by atoms with Gasteiger partial charge in [-0.15, -0.1) is 0 Å². The van der Waals surface area contributed by atoms with Crippen molar-refractivity contribution in [2.75, 3.05) is 11.4 Å². The van der Waals surface area contributed by atoms with E-state index in [0.29, 0.717) is 12.1 Å². The quantitative estimate of drug-likeness (QED) is 0.874. The van der Waals surface area contributed by atoms with Crippen LogP contribution in [0.4, 0.5) is 5.82 Å². The van der Waals surface area contributed by atoms with Gasteiger partial charge in [-0.3, -0.25) is 0 Å². The van der Waals surface area contributed by atoms with Crippen LogP contribution in [0.25, 0.3) is 0 Å². The van der Waals surface area contributed by atoms with Gasteiger partial charge >= 0.3 is 0 Å². The second-order valence-electron chi connectivity index (χ2n) is 6.29. The molecular formula is C17H28ClN3. The van der Waals surface area contributed by atoms with Gasteiger partial charge in [-0.2, -0.15) is 0 Å². The minimum Gasteiger partial charge on any atom is -0.352 e. The lowest BCUT2D eigenvalue weighted by Crippen LogP contribution is -2.35. The van der Waals surface area contributed by atoms with Crippen LogP contribution < -0.4 is 10.2 Å². The SMILES string of the molecule is CCC1CCCCCN1c1ncc(CNC(C)C)cc1Cl. The molecule has 1 aliphatic rings. The van der Waals surface area contributed by atoms with E-state index in [1.807, 2.05) is 6.20 Å². The van der Waals surface area contributed by atoms with Crippen molar-refractivity contribution >= 4 is 17.4 Å². The van der Waals surface area contributed by atoms with Gasteiger partial charge in [0.1, 0.15) is 5.82 Å². The van der Waals surface area contributed by atoms with E-state index in [1.165, 1.54) is 25.7 Å². The number of hydrogen-bond donors (Lipinski definition) is 1. The fraction of sp³-hybridized carbons (Fsp3) is 0.706. The molecule has 4 heteroatoms. The molecule has 21 heavy (non-hydrogen) atoms. The molecule has 1 aromatic heterocycles. The van der Waals surface area contributed by atoms with Gasteiger partial charge in [-0.1, -0.05) is 45.2 Å². The molecule has 1 N–H and O–H groups in total. The molecule has 2 heterocycles. The number of nitrogens with one attached hydrogen (secondary N) is 1. The Hall–Kier alpha value is -0.800. The van der Waals surface area contributed by atoms with E-state index in [-0.39, 0.29) is 0 Å². The van der Waals surface area contributed by atoms with E-state index < -0.39 is 0 Å². The zero-order valence-corrected chi connectivity index (χ0v) is 14.3. The largest absolute Gasteiger partial charge is 0.352 e. The summed E-state index contributed by atoms with van der Waals surface area (Å²) in [4.78, 5) is 7.10. The number of anilines is 1. The number of rotatable bonds is 5. The number of halogens is 1. The molecule has 118 valence electrons. The van der Waals surface area contributed by atoms with Gasteiger partial charge in [0.15, 0.2) is 0 Å². The van der Waals surface area contributed by atoms with Crippen molar-refractivity contribution in [3.8, 4) is 0 Å². The summed E-state index contributed by atoms with van der Waals surface area (Å²) in [6.45, 7) is 8.45. The average molecular weight is 310 g/mol. The molecule has 2 rings (SSSR count). The lowest BCUT2D eigenvalue weighted by atomic mass is 10.1. The van der Waals surface area contributed by atoms with Crippen LogP contribution in [0, 0.1) is 0 Å². The first kappa shape index (κ1) is 16.6. The zero-order chi connectivity index (χ0) is 15.2. The van der Waals surface area contributed by atoms with Gasteiger partial charge in [0.05, 0.1) is 5.02 Å². The normalized spacial score (nSPS) is 19.9. The number of pyridine rings is 1. The minimum absolute atomic E-state index is 0.471. The molecule has 1 fully saturated rings. The van der Waals surface area contributed by atoms with Crippen LogP contribution >= 0.6 is 11.6 Å². The van der Waals surface area contributed by atoms with E-state index in [9.17, 15) is 0 Å². The molecule has 0 saturated carbocycles. The summed E-state index contributed by atoms with van der Waals surface area (Å²) in [7, 11) is 0. The molecule has 0 bridgehead atoms. The van der Waals surface area contributed by atoms with Gasteiger partial charge < -0.3 is 10.2 Å². The zero-order valence-electron chi connectivity index (χ0n) is 13.5. The highest BCUT2D eigenvalue weighted by Crippen LogP contribution is 2.30. The summed E-state index contributed by atoms with van der Waals surface area (Å²) in [5.41, 5.74) is 1.15. The predicted molar refractivity (Wildman–Crippen MR) is 91.1 cm³/mol. The second-order valence-corrected chi connectivity index (χ2v) is 6.70. The molecule has 1 saturated heterocycles. The van der Waals surface area contributed by atoms with Gasteiger partial charge in [0.25, 0.3) is 0 Å². The van der Waals surface area contributed by atoms with Crippen LogP contribution in [0.1, 0.15) is 58.4 Å². The third-order valence-electron chi connectivity index (χ3n) is 4.21. The molecule has 0 radical (unpaired) electrons. The molecule has 0 aromatic carbocycles. The first-order chi connectivity index (χ1) is 10.1. The second kappa shape index (κ2) is 8.00. The van der Waals surface area contributed by atoms with Crippen LogP contribution in [0.2, 0.25) is 5.02 Å². The smallest absolute Gasteiger partial charge is 0.147 e. The maximum atomic E-state index is 6.52. The highest BCUT2D eigenvalue weighted by Gasteiger charge is 2.22. The van der Waals surface area contributed by atoms with Gasteiger partial charge in [0.2, 0.25) is 0 Å². The first-order valence-corrected chi connectivity index (χ1v) is 8.64. The van der Waals surface area contributed by atoms with Crippen LogP contribution in [0.15, 0.2) is 12.3 Å². The van der Waals surface area contributed by atoms with Crippen LogP contribution in [-0.2, 0) is 6.54 Å². The molecule has 1 aliphatic heterocycles. The monoisotopic (exact) mass is 309 g/mol. The van der Waals surface area contributed by atoms with Crippen LogP contribution in [0.5, 0.6) is 0 Å². The highest BCUT2D eigenvalue weighted by molar-refractivity contribution is 6.33. The van der Waals surface area contributed by atoms with Crippen LogP contribution in [0.3, 0.4) is 0 Å². The van der Waals surface area contributed by atoms with Crippen molar-refractivity contribution < 1.29 is 0 Å². The fourth-order valence-corrected chi connectivity index (χ4v) is 3.28. The standard InChI is InChI=1S/C17H28ClN3/c1-4-15-8-6-5-7-9-21(15)17-16(18)10-14(12-20-17)11-19-13(2)3/h10,12-13,15,19H,4-9,11H2,1-3H3. The van der Waals surface area contributed by atoms with Crippen molar-refractivity contribution in [3.63, 3.8) is 0 Å². The van der Waals surface area contributed by atoms with Gasteiger partial charge in [-0.25, -0.2) is 4.98 Å². The third-order valence-corrected chi connectivity index (χ3v) is 4.49. The van der Waals surface area contributed by atoms with Gasteiger partial charge in [0, 0.05) is 31.4 Å². The van der Waals surface area contributed by atoms with Gasteiger partial charge in [-0.05, 0) is 30.9 Å². The lowest BCUT2D eigenvalue weighted by Gasteiger charge is -2.31. The van der Waals surface area contributed by atoms with E-state index in [1.54, 1.807) is 0 Å². The van der Waals surface area contributed by atoms with E-state index in [4.69, 9.17) is 11.6 Å². The Kier molecular flexibility index (Phi) is 6.31. The molecule has 1 aromatic rings. The first-order valence-electron chi connectivity index (χ1n) is 8.26. The van der Waals surface area contributed by atoms with Crippen molar-refractivity contribution in [1.29, 1.82) is 0 Å². The molecule has 1 atom stereocenters. The summed E-state index contributed by atoms with van der Waals surface area (Å²) in [6.07, 6.45) is 8.27. The van der Waals surface area contributed by atoms with Crippen molar-refractivity contribution in [3.05, 3.63) is 22.8 Å². The molecule has 3 nitrogen and oxygen atoms in total. The molecule has 0 spiro atoms. The Bertz CT molecular complexity index is 448. The number of hydrogen-bond acceptors (Lipinski definition) is 3. The molecular weight excluding hydrogens is 282 g/mol. The molecule has 0 aliphatic carbocycles. The van der Waals surface area contributed by atoms with E-state index in [2.05, 4.69) is 42.0 Å².